The fourth-order valence-corrected chi connectivity index (χ4v) is 3.44. The number of ether oxygens (including phenoxy) is 2. The van der Waals surface area contributed by atoms with Gasteiger partial charge in [-0.05, 0) is 47.7 Å². The first-order valence-electron chi connectivity index (χ1n) is 7.73. The predicted molar refractivity (Wildman–Crippen MR) is 103 cm³/mol. The largest absolute Gasteiger partial charge is 0.497 e. The summed E-state index contributed by atoms with van der Waals surface area (Å²) in [6.45, 7) is 0.207. The van der Waals surface area contributed by atoms with Crippen LogP contribution in [-0.4, -0.2) is 30.3 Å². The first kappa shape index (κ1) is 18.4. The summed E-state index contributed by atoms with van der Waals surface area (Å²) < 4.78 is 10.5. The van der Waals surface area contributed by atoms with E-state index in [9.17, 15) is 9.59 Å². The number of thioether (sulfide) groups is 1. The quantitative estimate of drug-likeness (QED) is 0.700. The number of imide groups is 1. The molecule has 0 aromatic heterocycles. The molecule has 5 nitrogen and oxygen atoms in total. The average molecular weight is 390 g/mol. The van der Waals surface area contributed by atoms with E-state index in [4.69, 9.17) is 21.1 Å². The van der Waals surface area contributed by atoms with Gasteiger partial charge in [0.05, 0.1) is 25.7 Å². The second-order valence-corrected chi connectivity index (χ2v) is 6.93. The van der Waals surface area contributed by atoms with Crippen molar-refractivity contribution in [3.8, 4) is 11.5 Å². The van der Waals surface area contributed by atoms with E-state index in [1.165, 1.54) is 4.90 Å². The molecule has 2 aromatic rings. The Bertz CT molecular complexity index is 880. The van der Waals surface area contributed by atoms with Crippen molar-refractivity contribution in [1.29, 1.82) is 0 Å². The van der Waals surface area contributed by atoms with E-state index in [0.29, 0.717) is 27.0 Å². The molecule has 26 heavy (non-hydrogen) atoms. The van der Waals surface area contributed by atoms with E-state index < -0.39 is 0 Å². The first-order valence-corrected chi connectivity index (χ1v) is 8.93. The molecule has 1 aliphatic heterocycles. The maximum absolute atomic E-state index is 12.6. The van der Waals surface area contributed by atoms with Gasteiger partial charge >= 0.3 is 0 Å². The normalized spacial score (nSPS) is 15.7. The molecule has 2 amide bonds. The van der Waals surface area contributed by atoms with Gasteiger partial charge in [-0.25, -0.2) is 0 Å². The summed E-state index contributed by atoms with van der Waals surface area (Å²) in [6.07, 6.45) is 1.66. The second kappa shape index (κ2) is 7.85. The fraction of sp³-hybridized carbons (Fsp3) is 0.158. The Balaban J connectivity index is 1.84. The molecule has 0 radical (unpaired) electrons. The third kappa shape index (κ3) is 3.86. The minimum absolute atomic E-state index is 0.207. The van der Waals surface area contributed by atoms with Crippen LogP contribution >= 0.6 is 23.4 Å². The van der Waals surface area contributed by atoms with Gasteiger partial charge in [-0.1, -0.05) is 23.7 Å². The van der Waals surface area contributed by atoms with Crippen molar-refractivity contribution < 1.29 is 19.1 Å². The second-order valence-electron chi connectivity index (χ2n) is 5.50. The number of rotatable bonds is 5. The molecule has 7 heteroatoms. The summed E-state index contributed by atoms with van der Waals surface area (Å²) >= 11 is 6.78. The Morgan fingerprint density at radius 1 is 1.08 bits per heavy atom. The molecule has 134 valence electrons. The van der Waals surface area contributed by atoms with E-state index >= 15 is 0 Å². The zero-order chi connectivity index (χ0) is 18.7. The minimum Gasteiger partial charge on any atom is -0.497 e. The highest BCUT2D eigenvalue weighted by Crippen LogP contribution is 2.35. The molecule has 1 saturated heterocycles. The third-order valence-corrected chi connectivity index (χ3v) is 5.01. The van der Waals surface area contributed by atoms with Crippen LogP contribution < -0.4 is 9.47 Å². The molecule has 0 spiro atoms. The molecule has 1 heterocycles. The Kier molecular flexibility index (Phi) is 5.54. The number of methoxy groups -OCH3 is 2. The molecule has 0 saturated carbocycles. The molecular weight excluding hydrogens is 374 g/mol. The molecular formula is C19H16ClNO4S. The Morgan fingerprint density at radius 2 is 1.81 bits per heavy atom. The predicted octanol–water partition coefficient (Wildman–Crippen LogP) is 4.59. The molecule has 1 aliphatic rings. The van der Waals surface area contributed by atoms with Gasteiger partial charge in [-0.15, -0.1) is 0 Å². The number of hydrogen-bond donors (Lipinski definition) is 0. The topological polar surface area (TPSA) is 55.8 Å². The van der Waals surface area contributed by atoms with Crippen LogP contribution in [0.3, 0.4) is 0 Å². The van der Waals surface area contributed by atoms with Crippen LogP contribution in [0.2, 0.25) is 5.02 Å². The van der Waals surface area contributed by atoms with Crippen molar-refractivity contribution in [2.24, 2.45) is 0 Å². The van der Waals surface area contributed by atoms with Crippen molar-refractivity contribution in [2.75, 3.05) is 14.2 Å². The fourth-order valence-electron chi connectivity index (χ4n) is 2.49. The van der Waals surface area contributed by atoms with Gasteiger partial charge in [0.25, 0.3) is 11.1 Å². The van der Waals surface area contributed by atoms with E-state index in [1.807, 2.05) is 0 Å². The van der Waals surface area contributed by atoms with Crippen LogP contribution in [0.4, 0.5) is 4.79 Å². The smallest absolute Gasteiger partial charge is 0.293 e. The number of carbonyl (C=O) groups excluding carboxylic acids is 2. The Hall–Kier alpha value is -2.44. The standard InChI is InChI=1S/C19H16ClNO4S/c1-24-15-8-5-13(16(10-15)25-2)9-17-18(22)21(19(23)26-17)11-12-3-6-14(20)7-4-12/h3-10H,11H2,1-2H3. The zero-order valence-corrected chi connectivity index (χ0v) is 15.8. The Labute approximate surface area is 160 Å². The highest BCUT2D eigenvalue weighted by molar-refractivity contribution is 8.18. The van der Waals surface area contributed by atoms with Crippen LogP contribution in [0.25, 0.3) is 6.08 Å². The zero-order valence-electron chi connectivity index (χ0n) is 14.2. The van der Waals surface area contributed by atoms with Crippen LogP contribution in [-0.2, 0) is 11.3 Å². The van der Waals surface area contributed by atoms with Crippen molar-refractivity contribution in [3.05, 3.63) is 63.5 Å². The number of halogens is 1. The van der Waals surface area contributed by atoms with E-state index in [1.54, 1.807) is 62.8 Å². The molecule has 3 rings (SSSR count). The molecule has 2 aromatic carbocycles. The number of amides is 2. The summed E-state index contributed by atoms with van der Waals surface area (Å²) in [5, 5.41) is 0.304. The van der Waals surface area contributed by atoms with Gasteiger partial charge in [0.2, 0.25) is 0 Å². The van der Waals surface area contributed by atoms with Crippen LogP contribution in [0.15, 0.2) is 47.4 Å². The van der Waals surface area contributed by atoms with Gasteiger partial charge in [-0.3, -0.25) is 14.5 Å². The summed E-state index contributed by atoms with van der Waals surface area (Å²) in [5.41, 5.74) is 1.53. The van der Waals surface area contributed by atoms with Gasteiger partial charge in [0.1, 0.15) is 11.5 Å². The van der Waals surface area contributed by atoms with Crippen LogP contribution in [0.5, 0.6) is 11.5 Å². The lowest BCUT2D eigenvalue weighted by Gasteiger charge is -2.12. The molecule has 0 bridgehead atoms. The molecule has 0 atom stereocenters. The number of hydrogen-bond acceptors (Lipinski definition) is 5. The highest BCUT2D eigenvalue weighted by Gasteiger charge is 2.35. The Morgan fingerprint density at radius 3 is 2.46 bits per heavy atom. The minimum atomic E-state index is -0.326. The van der Waals surface area contributed by atoms with E-state index in [0.717, 1.165) is 17.3 Å². The maximum atomic E-state index is 12.6. The summed E-state index contributed by atoms with van der Waals surface area (Å²) in [7, 11) is 3.11. The summed E-state index contributed by atoms with van der Waals surface area (Å²) in [5.74, 6) is 0.886. The van der Waals surface area contributed by atoms with Gasteiger partial charge < -0.3 is 9.47 Å². The lowest BCUT2D eigenvalue weighted by atomic mass is 10.1. The molecule has 0 aliphatic carbocycles. The van der Waals surface area contributed by atoms with Crippen LogP contribution in [0, 0.1) is 0 Å². The summed E-state index contributed by atoms with van der Waals surface area (Å²) in [6, 6.07) is 12.3. The SMILES string of the molecule is COc1ccc(C=C2SC(=O)N(Cc3ccc(Cl)cc3)C2=O)c(OC)c1. The molecule has 0 N–H and O–H groups in total. The maximum Gasteiger partial charge on any atom is 0.293 e. The highest BCUT2D eigenvalue weighted by atomic mass is 35.5. The van der Waals surface area contributed by atoms with E-state index in [-0.39, 0.29) is 17.7 Å². The van der Waals surface area contributed by atoms with Gasteiger partial charge in [-0.2, -0.15) is 0 Å². The lowest BCUT2D eigenvalue weighted by molar-refractivity contribution is -0.123. The van der Waals surface area contributed by atoms with Gasteiger partial charge in [0, 0.05) is 16.7 Å². The number of nitrogens with zero attached hydrogens (tertiary/aromatic N) is 1. The van der Waals surface area contributed by atoms with Crippen molar-refractivity contribution in [3.63, 3.8) is 0 Å². The van der Waals surface area contributed by atoms with Gasteiger partial charge in [0.15, 0.2) is 0 Å². The van der Waals surface area contributed by atoms with Crippen LogP contribution in [0.1, 0.15) is 11.1 Å². The number of carbonyl (C=O) groups is 2. The lowest BCUT2D eigenvalue weighted by Crippen LogP contribution is -2.27. The van der Waals surface area contributed by atoms with Crippen molar-refractivity contribution in [1.82, 2.24) is 4.90 Å². The van der Waals surface area contributed by atoms with E-state index in [2.05, 4.69) is 0 Å². The monoisotopic (exact) mass is 389 g/mol. The first-order chi connectivity index (χ1) is 12.5. The third-order valence-electron chi connectivity index (χ3n) is 3.85. The summed E-state index contributed by atoms with van der Waals surface area (Å²) in [4.78, 5) is 26.5. The molecule has 1 fully saturated rings. The van der Waals surface area contributed by atoms with Crippen molar-refractivity contribution >= 4 is 40.6 Å². The van der Waals surface area contributed by atoms with Crippen molar-refractivity contribution in [2.45, 2.75) is 6.54 Å². The average Bonchev–Trinajstić information content (AvgIpc) is 2.91. The molecule has 0 unspecified atom stereocenters. The number of benzene rings is 2.